The van der Waals surface area contributed by atoms with Crippen LogP contribution in [0.3, 0.4) is 0 Å². The van der Waals surface area contributed by atoms with Crippen molar-refractivity contribution in [2.75, 3.05) is 5.73 Å². The first-order valence-electron chi connectivity index (χ1n) is 6.55. The van der Waals surface area contributed by atoms with Crippen molar-refractivity contribution in [3.63, 3.8) is 0 Å². The standard InChI is InChI=1S/C15H17BrN2O2S/c1-2-11-3-5-12(6-4-11)10-18-21(19,20)15-9-13(16)7-8-14(15)17/h3-9,18H,2,10,17H2,1H3. The average Bonchev–Trinajstić information content (AvgIpc) is 2.48. The van der Waals surface area contributed by atoms with Gasteiger partial charge in [0.2, 0.25) is 10.0 Å². The first kappa shape index (κ1) is 16.0. The summed E-state index contributed by atoms with van der Waals surface area (Å²) >= 11 is 3.25. The summed E-state index contributed by atoms with van der Waals surface area (Å²) in [6, 6.07) is 12.6. The topological polar surface area (TPSA) is 72.2 Å². The summed E-state index contributed by atoms with van der Waals surface area (Å²) in [5.41, 5.74) is 8.10. The van der Waals surface area contributed by atoms with E-state index in [1.54, 1.807) is 12.1 Å². The Bertz CT molecular complexity index is 728. The number of rotatable bonds is 5. The zero-order valence-electron chi connectivity index (χ0n) is 11.6. The van der Waals surface area contributed by atoms with Crippen LogP contribution >= 0.6 is 15.9 Å². The van der Waals surface area contributed by atoms with E-state index < -0.39 is 10.0 Å². The van der Waals surface area contributed by atoms with E-state index in [4.69, 9.17) is 5.73 Å². The maximum atomic E-state index is 12.3. The molecule has 0 amide bonds. The van der Waals surface area contributed by atoms with Crippen molar-refractivity contribution in [1.29, 1.82) is 0 Å². The number of sulfonamides is 1. The van der Waals surface area contributed by atoms with Gasteiger partial charge in [-0.15, -0.1) is 0 Å². The second kappa shape index (κ2) is 6.60. The molecule has 0 fully saturated rings. The van der Waals surface area contributed by atoms with E-state index in [1.165, 1.54) is 11.6 Å². The molecule has 0 aromatic heterocycles. The molecule has 0 aliphatic heterocycles. The van der Waals surface area contributed by atoms with Crippen LogP contribution in [0, 0.1) is 0 Å². The van der Waals surface area contributed by atoms with E-state index in [2.05, 4.69) is 27.6 Å². The van der Waals surface area contributed by atoms with Gasteiger partial charge in [0.15, 0.2) is 0 Å². The highest BCUT2D eigenvalue weighted by atomic mass is 79.9. The molecule has 0 radical (unpaired) electrons. The second-order valence-electron chi connectivity index (χ2n) is 4.68. The number of nitrogens with one attached hydrogen (secondary N) is 1. The van der Waals surface area contributed by atoms with E-state index in [1.807, 2.05) is 24.3 Å². The Kier molecular flexibility index (Phi) is 5.03. The molecule has 0 unspecified atom stereocenters. The highest BCUT2D eigenvalue weighted by Gasteiger charge is 2.17. The summed E-state index contributed by atoms with van der Waals surface area (Å²) in [7, 11) is -3.63. The Balaban J connectivity index is 2.15. The van der Waals surface area contributed by atoms with Crippen LogP contribution in [0.2, 0.25) is 0 Å². The molecule has 0 aliphatic carbocycles. The lowest BCUT2D eigenvalue weighted by atomic mass is 10.1. The van der Waals surface area contributed by atoms with Crippen molar-refractivity contribution < 1.29 is 8.42 Å². The third-order valence-corrected chi connectivity index (χ3v) is 5.11. The summed E-state index contributed by atoms with van der Waals surface area (Å²) in [6.45, 7) is 2.31. The normalized spacial score (nSPS) is 11.5. The molecule has 4 nitrogen and oxygen atoms in total. The molecule has 0 spiro atoms. The molecule has 0 bridgehead atoms. The summed E-state index contributed by atoms with van der Waals surface area (Å²) in [5.74, 6) is 0. The van der Waals surface area contributed by atoms with E-state index in [0.29, 0.717) is 4.47 Å². The largest absolute Gasteiger partial charge is 0.398 e. The molecule has 2 rings (SSSR count). The zero-order valence-corrected chi connectivity index (χ0v) is 14.0. The van der Waals surface area contributed by atoms with Crippen LogP contribution in [0.25, 0.3) is 0 Å². The third-order valence-electron chi connectivity index (χ3n) is 3.16. The van der Waals surface area contributed by atoms with Crippen LogP contribution < -0.4 is 10.5 Å². The summed E-state index contributed by atoms with van der Waals surface area (Å²) in [4.78, 5) is 0.0852. The number of nitrogen functional groups attached to an aromatic ring is 1. The fourth-order valence-electron chi connectivity index (χ4n) is 1.89. The van der Waals surface area contributed by atoms with Gasteiger partial charge in [-0.3, -0.25) is 0 Å². The van der Waals surface area contributed by atoms with Gasteiger partial charge < -0.3 is 5.73 Å². The summed E-state index contributed by atoms with van der Waals surface area (Å²) < 4.78 is 27.8. The lowest BCUT2D eigenvalue weighted by Gasteiger charge is -2.10. The van der Waals surface area contributed by atoms with Crippen molar-refractivity contribution in [2.24, 2.45) is 0 Å². The molecule has 6 heteroatoms. The van der Waals surface area contributed by atoms with Gasteiger partial charge in [-0.1, -0.05) is 47.1 Å². The SMILES string of the molecule is CCc1ccc(CNS(=O)(=O)c2cc(Br)ccc2N)cc1. The van der Waals surface area contributed by atoms with Gasteiger partial charge in [0.25, 0.3) is 0 Å². The lowest BCUT2D eigenvalue weighted by molar-refractivity contribution is 0.581. The first-order valence-corrected chi connectivity index (χ1v) is 8.82. The van der Waals surface area contributed by atoms with Crippen LogP contribution in [0.4, 0.5) is 5.69 Å². The van der Waals surface area contributed by atoms with Crippen molar-refractivity contribution >= 4 is 31.6 Å². The smallest absolute Gasteiger partial charge is 0.242 e. The number of aryl methyl sites for hydroxylation is 1. The summed E-state index contributed by atoms with van der Waals surface area (Å²) in [5, 5.41) is 0. The average molecular weight is 369 g/mol. The van der Waals surface area contributed by atoms with Crippen LogP contribution in [-0.2, 0) is 23.0 Å². The van der Waals surface area contributed by atoms with Gasteiger partial charge in [-0.2, -0.15) is 0 Å². The lowest BCUT2D eigenvalue weighted by Crippen LogP contribution is -2.24. The van der Waals surface area contributed by atoms with Gasteiger partial charge in [0.05, 0.1) is 5.69 Å². The van der Waals surface area contributed by atoms with Crippen LogP contribution in [0.5, 0.6) is 0 Å². The highest BCUT2D eigenvalue weighted by Crippen LogP contribution is 2.23. The van der Waals surface area contributed by atoms with Gasteiger partial charge in [0.1, 0.15) is 4.90 Å². The first-order chi connectivity index (χ1) is 9.92. The fraction of sp³-hybridized carbons (Fsp3) is 0.200. The van der Waals surface area contributed by atoms with Gasteiger partial charge >= 0.3 is 0 Å². The summed E-state index contributed by atoms with van der Waals surface area (Å²) in [6.07, 6.45) is 0.959. The maximum absolute atomic E-state index is 12.3. The molecular weight excluding hydrogens is 352 g/mol. The molecule has 0 saturated carbocycles. The Labute approximate surface area is 133 Å². The Morgan fingerprint density at radius 1 is 1.10 bits per heavy atom. The van der Waals surface area contributed by atoms with Crippen LogP contribution in [-0.4, -0.2) is 8.42 Å². The van der Waals surface area contributed by atoms with E-state index in [-0.39, 0.29) is 17.1 Å². The van der Waals surface area contributed by atoms with E-state index in [9.17, 15) is 8.42 Å². The number of hydrogen-bond acceptors (Lipinski definition) is 3. The predicted octanol–water partition coefficient (Wildman–Crippen LogP) is 3.07. The zero-order chi connectivity index (χ0) is 15.5. The molecule has 2 aromatic carbocycles. The Hall–Kier alpha value is -1.37. The minimum absolute atomic E-state index is 0.0852. The van der Waals surface area contributed by atoms with Crippen molar-refractivity contribution in [3.8, 4) is 0 Å². The molecule has 0 saturated heterocycles. The van der Waals surface area contributed by atoms with Crippen LogP contribution in [0.15, 0.2) is 51.8 Å². The molecule has 3 N–H and O–H groups in total. The number of benzene rings is 2. The highest BCUT2D eigenvalue weighted by molar-refractivity contribution is 9.10. The number of hydrogen-bond donors (Lipinski definition) is 2. The number of anilines is 1. The predicted molar refractivity (Wildman–Crippen MR) is 88.4 cm³/mol. The maximum Gasteiger partial charge on any atom is 0.242 e. The molecular formula is C15H17BrN2O2S. The van der Waals surface area contributed by atoms with E-state index >= 15 is 0 Å². The third kappa shape index (κ3) is 4.06. The molecule has 0 atom stereocenters. The molecule has 2 aromatic rings. The van der Waals surface area contributed by atoms with Crippen molar-refractivity contribution in [2.45, 2.75) is 24.8 Å². The fourth-order valence-corrected chi connectivity index (χ4v) is 3.58. The Morgan fingerprint density at radius 2 is 1.71 bits per heavy atom. The number of halogens is 1. The molecule has 0 aliphatic rings. The van der Waals surface area contributed by atoms with E-state index in [0.717, 1.165) is 12.0 Å². The molecule has 21 heavy (non-hydrogen) atoms. The quantitative estimate of drug-likeness (QED) is 0.796. The monoisotopic (exact) mass is 368 g/mol. The van der Waals surface area contributed by atoms with Crippen molar-refractivity contribution in [3.05, 3.63) is 58.1 Å². The molecule has 112 valence electrons. The van der Waals surface area contributed by atoms with Gasteiger partial charge in [-0.05, 0) is 35.7 Å². The Morgan fingerprint density at radius 3 is 2.33 bits per heavy atom. The second-order valence-corrected chi connectivity index (χ2v) is 7.33. The van der Waals surface area contributed by atoms with Crippen LogP contribution in [0.1, 0.15) is 18.1 Å². The van der Waals surface area contributed by atoms with Gasteiger partial charge in [-0.25, -0.2) is 13.1 Å². The van der Waals surface area contributed by atoms with Crippen molar-refractivity contribution in [1.82, 2.24) is 4.72 Å². The van der Waals surface area contributed by atoms with Gasteiger partial charge in [0, 0.05) is 11.0 Å². The number of nitrogens with two attached hydrogens (primary N) is 1. The molecule has 0 heterocycles. The minimum Gasteiger partial charge on any atom is -0.398 e. The minimum atomic E-state index is -3.63.